The molecule has 2 aromatic heterocycles. The van der Waals surface area contributed by atoms with Gasteiger partial charge >= 0.3 is 0 Å². The van der Waals surface area contributed by atoms with Gasteiger partial charge in [0.25, 0.3) is 0 Å². The molecule has 0 saturated heterocycles. The van der Waals surface area contributed by atoms with Crippen LogP contribution in [0, 0.1) is 5.82 Å². The number of halogens is 2. The number of fused-ring (bicyclic) bond motifs is 1. The molecule has 1 atom stereocenters. The molecule has 1 unspecified atom stereocenters. The van der Waals surface area contributed by atoms with Crippen LogP contribution in [0.15, 0.2) is 47.0 Å². The molecule has 0 bridgehead atoms. The average molecular weight is 292 g/mol. The number of benzene rings is 1. The molecule has 0 fully saturated rings. The van der Waals surface area contributed by atoms with Crippen molar-refractivity contribution in [2.45, 2.75) is 12.5 Å². The Morgan fingerprint density at radius 2 is 2.10 bits per heavy atom. The fraction of sp³-hybridized carbons (Fsp3) is 0.133. The molecule has 20 heavy (non-hydrogen) atoms. The van der Waals surface area contributed by atoms with E-state index in [9.17, 15) is 9.50 Å². The number of furan rings is 1. The molecular formula is C15H11ClFNO2. The van der Waals surface area contributed by atoms with Gasteiger partial charge in [0.05, 0.1) is 16.9 Å². The molecule has 3 rings (SSSR count). The van der Waals surface area contributed by atoms with Gasteiger partial charge in [0, 0.05) is 5.39 Å². The number of hydrogen-bond donors (Lipinski definition) is 1. The zero-order valence-corrected chi connectivity index (χ0v) is 11.4. The monoisotopic (exact) mass is 291 g/mol. The Balaban J connectivity index is 2.13. The Morgan fingerprint density at radius 1 is 1.30 bits per heavy atom. The average Bonchev–Trinajstić information content (AvgIpc) is 2.85. The van der Waals surface area contributed by atoms with Gasteiger partial charge in [0.2, 0.25) is 0 Å². The Hall–Kier alpha value is -1.91. The van der Waals surface area contributed by atoms with Crippen LogP contribution < -0.4 is 0 Å². The minimum Gasteiger partial charge on any atom is -0.456 e. The van der Waals surface area contributed by atoms with E-state index in [1.165, 1.54) is 12.1 Å². The van der Waals surface area contributed by atoms with Crippen LogP contribution in [0.5, 0.6) is 0 Å². The number of para-hydroxylation sites is 1. The van der Waals surface area contributed by atoms with Gasteiger partial charge in [-0.25, -0.2) is 4.39 Å². The Labute approximate surface area is 119 Å². The summed E-state index contributed by atoms with van der Waals surface area (Å²) in [7, 11) is 0. The number of aromatic nitrogens is 1. The van der Waals surface area contributed by atoms with Crippen molar-refractivity contribution in [2.24, 2.45) is 0 Å². The molecule has 0 aliphatic heterocycles. The van der Waals surface area contributed by atoms with Crippen molar-refractivity contribution in [2.75, 3.05) is 0 Å². The van der Waals surface area contributed by atoms with E-state index in [1.54, 1.807) is 25.1 Å². The summed E-state index contributed by atoms with van der Waals surface area (Å²) in [4.78, 5) is 3.90. The first-order chi connectivity index (χ1) is 9.48. The van der Waals surface area contributed by atoms with Gasteiger partial charge in [-0.2, -0.15) is 0 Å². The first-order valence-corrected chi connectivity index (χ1v) is 6.39. The Morgan fingerprint density at radius 3 is 2.75 bits per heavy atom. The maximum atomic E-state index is 12.9. The highest BCUT2D eigenvalue weighted by molar-refractivity contribution is 6.34. The maximum Gasteiger partial charge on any atom is 0.161 e. The van der Waals surface area contributed by atoms with Gasteiger partial charge in [-0.3, -0.25) is 4.98 Å². The zero-order valence-electron chi connectivity index (χ0n) is 10.6. The van der Waals surface area contributed by atoms with Crippen LogP contribution in [0.4, 0.5) is 4.39 Å². The van der Waals surface area contributed by atoms with Crippen LogP contribution in [0.2, 0.25) is 5.02 Å². The van der Waals surface area contributed by atoms with Crippen LogP contribution >= 0.6 is 11.6 Å². The van der Waals surface area contributed by atoms with Crippen LogP contribution in [0.25, 0.3) is 11.0 Å². The predicted octanol–water partition coefficient (Wildman–Crippen LogP) is 3.88. The van der Waals surface area contributed by atoms with Gasteiger partial charge in [0.15, 0.2) is 11.2 Å². The van der Waals surface area contributed by atoms with Crippen LogP contribution in [-0.4, -0.2) is 10.1 Å². The molecule has 3 aromatic rings. The van der Waals surface area contributed by atoms with Crippen molar-refractivity contribution < 1.29 is 13.9 Å². The van der Waals surface area contributed by atoms with Crippen LogP contribution in [0.3, 0.4) is 0 Å². The lowest BCUT2D eigenvalue weighted by atomic mass is 9.98. The number of pyridine rings is 1. The van der Waals surface area contributed by atoms with Gasteiger partial charge in [-0.1, -0.05) is 23.7 Å². The highest BCUT2D eigenvalue weighted by atomic mass is 35.5. The normalized spacial score (nSPS) is 14.4. The van der Waals surface area contributed by atoms with Crippen molar-refractivity contribution in [1.29, 1.82) is 0 Å². The third kappa shape index (κ3) is 2.07. The molecule has 3 nitrogen and oxygen atoms in total. The lowest BCUT2D eigenvalue weighted by molar-refractivity contribution is 0.0740. The van der Waals surface area contributed by atoms with Gasteiger partial charge in [-0.15, -0.1) is 0 Å². The fourth-order valence-corrected chi connectivity index (χ4v) is 2.28. The molecule has 1 N–H and O–H groups in total. The van der Waals surface area contributed by atoms with Crippen molar-refractivity contribution in [3.05, 3.63) is 64.9 Å². The van der Waals surface area contributed by atoms with E-state index in [0.29, 0.717) is 22.1 Å². The molecule has 2 heterocycles. The molecule has 0 aliphatic rings. The highest BCUT2D eigenvalue weighted by Crippen LogP contribution is 2.34. The van der Waals surface area contributed by atoms with E-state index in [0.717, 1.165) is 11.6 Å². The molecule has 1 aromatic carbocycles. The van der Waals surface area contributed by atoms with Crippen molar-refractivity contribution >= 4 is 22.6 Å². The molecule has 0 amide bonds. The third-order valence-electron chi connectivity index (χ3n) is 3.20. The smallest absolute Gasteiger partial charge is 0.161 e. The van der Waals surface area contributed by atoms with Gasteiger partial charge in [-0.05, 0) is 31.2 Å². The molecule has 0 spiro atoms. The number of hydrogen-bond acceptors (Lipinski definition) is 3. The SMILES string of the molecule is CC(O)(c1ccc(F)cn1)c1cc2cccc(Cl)c2o1. The standard InChI is InChI=1S/C15H11ClFNO2/c1-15(19,12-6-5-10(17)8-18-12)13-7-9-3-2-4-11(16)14(9)20-13/h2-8,19H,1H3. The van der Waals surface area contributed by atoms with Crippen molar-refractivity contribution in [3.63, 3.8) is 0 Å². The van der Waals surface area contributed by atoms with Crippen molar-refractivity contribution in [3.8, 4) is 0 Å². The summed E-state index contributed by atoms with van der Waals surface area (Å²) in [6.07, 6.45) is 1.05. The van der Waals surface area contributed by atoms with Crippen LogP contribution in [0.1, 0.15) is 18.4 Å². The Bertz CT molecular complexity index is 765. The molecule has 0 aliphatic carbocycles. The Kier molecular flexibility index (Phi) is 3.00. The molecular weight excluding hydrogens is 281 g/mol. The van der Waals surface area contributed by atoms with E-state index in [1.807, 2.05) is 6.07 Å². The number of nitrogens with zero attached hydrogens (tertiary/aromatic N) is 1. The first-order valence-electron chi connectivity index (χ1n) is 6.01. The number of aliphatic hydroxyl groups is 1. The second-order valence-electron chi connectivity index (χ2n) is 4.70. The van der Waals surface area contributed by atoms with Crippen LogP contribution in [-0.2, 0) is 5.60 Å². The minimum absolute atomic E-state index is 0.300. The van der Waals surface area contributed by atoms with E-state index in [-0.39, 0.29) is 0 Å². The lowest BCUT2D eigenvalue weighted by Crippen LogP contribution is -2.23. The van der Waals surface area contributed by atoms with E-state index >= 15 is 0 Å². The first kappa shape index (κ1) is 13.1. The van der Waals surface area contributed by atoms with E-state index in [2.05, 4.69) is 4.98 Å². The fourth-order valence-electron chi connectivity index (χ4n) is 2.06. The van der Waals surface area contributed by atoms with Gasteiger partial charge in [0.1, 0.15) is 11.6 Å². The van der Waals surface area contributed by atoms with Crippen molar-refractivity contribution in [1.82, 2.24) is 4.98 Å². The predicted molar refractivity (Wildman–Crippen MR) is 74.1 cm³/mol. The summed E-state index contributed by atoms with van der Waals surface area (Å²) in [5, 5.41) is 11.9. The quantitative estimate of drug-likeness (QED) is 0.779. The lowest BCUT2D eigenvalue weighted by Gasteiger charge is -2.19. The summed E-state index contributed by atoms with van der Waals surface area (Å²) in [5.41, 5.74) is -0.656. The highest BCUT2D eigenvalue weighted by Gasteiger charge is 2.31. The molecule has 0 radical (unpaired) electrons. The zero-order chi connectivity index (χ0) is 14.3. The largest absolute Gasteiger partial charge is 0.456 e. The summed E-state index contributed by atoms with van der Waals surface area (Å²) < 4.78 is 18.5. The summed E-state index contributed by atoms with van der Waals surface area (Å²) >= 11 is 6.05. The topological polar surface area (TPSA) is 46.3 Å². The van der Waals surface area contributed by atoms with E-state index < -0.39 is 11.4 Å². The minimum atomic E-state index is -1.46. The second kappa shape index (κ2) is 4.58. The van der Waals surface area contributed by atoms with E-state index in [4.69, 9.17) is 16.0 Å². The molecule has 0 saturated carbocycles. The maximum absolute atomic E-state index is 12.9. The second-order valence-corrected chi connectivity index (χ2v) is 5.11. The summed E-state index contributed by atoms with van der Waals surface area (Å²) in [5.74, 6) is -0.156. The van der Waals surface area contributed by atoms with Gasteiger partial charge < -0.3 is 9.52 Å². The molecule has 102 valence electrons. The summed E-state index contributed by atoms with van der Waals surface area (Å²) in [6.45, 7) is 1.54. The molecule has 5 heteroatoms. The third-order valence-corrected chi connectivity index (χ3v) is 3.50. The summed E-state index contributed by atoms with van der Waals surface area (Å²) in [6, 6.07) is 9.71. The number of rotatable bonds is 2.